The zero-order valence-corrected chi connectivity index (χ0v) is 19.5. The number of nitrogens with one attached hydrogen (secondary N) is 1. The van der Waals surface area contributed by atoms with Gasteiger partial charge in [-0.15, -0.1) is 0 Å². The molecule has 32 heavy (non-hydrogen) atoms. The second kappa shape index (κ2) is 11.5. The summed E-state index contributed by atoms with van der Waals surface area (Å²) < 4.78 is 37.3. The summed E-state index contributed by atoms with van der Waals surface area (Å²) in [7, 11) is -2.22. The predicted octanol–water partition coefficient (Wildman–Crippen LogP) is 3.93. The molecule has 0 fully saturated rings. The minimum atomic E-state index is -3.69. The molecule has 0 unspecified atom stereocenters. The average molecular weight is 478 g/mol. The van der Waals surface area contributed by atoms with E-state index in [1.165, 1.54) is 35.7 Å². The van der Waals surface area contributed by atoms with Crippen LogP contribution in [-0.2, 0) is 14.8 Å². The fourth-order valence-electron chi connectivity index (χ4n) is 2.84. The number of hydrogen-bond acceptors (Lipinski definition) is 6. The summed E-state index contributed by atoms with van der Waals surface area (Å²) in [5, 5.41) is 11.4. The zero-order chi connectivity index (χ0) is 23.7. The lowest BCUT2D eigenvalue weighted by Gasteiger charge is -2.19. The molecule has 0 spiro atoms. The molecule has 8 nitrogen and oxygen atoms in total. The first-order chi connectivity index (χ1) is 15.3. The van der Waals surface area contributed by atoms with Crippen LogP contribution < -0.4 is 14.8 Å². The number of rotatable bonds is 10. The van der Waals surface area contributed by atoms with Crippen LogP contribution >= 0.6 is 11.6 Å². The summed E-state index contributed by atoms with van der Waals surface area (Å²) >= 11 is 6.15. The van der Waals surface area contributed by atoms with Gasteiger partial charge in [-0.3, -0.25) is 4.79 Å². The highest BCUT2D eigenvalue weighted by molar-refractivity contribution is 7.89. The van der Waals surface area contributed by atoms with E-state index >= 15 is 0 Å². The monoisotopic (exact) mass is 477 g/mol. The second-order valence-corrected chi connectivity index (χ2v) is 8.76. The largest absolute Gasteiger partial charge is 0.493 e. The highest BCUT2D eigenvalue weighted by Crippen LogP contribution is 2.29. The first-order valence-electron chi connectivity index (χ1n) is 9.73. The van der Waals surface area contributed by atoms with E-state index in [9.17, 15) is 13.2 Å². The Morgan fingerprint density at radius 1 is 1.19 bits per heavy atom. The number of hydrogen-bond donors (Lipinski definition) is 1. The quantitative estimate of drug-likeness (QED) is 0.519. The maximum atomic E-state index is 12.7. The second-order valence-electron chi connectivity index (χ2n) is 6.41. The minimum Gasteiger partial charge on any atom is -0.493 e. The highest BCUT2D eigenvalue weighted by Gasteiger charge is 2.22. The van der Waals surface area contributed by atoms with E-state index in [2.05, 4.69) is 5.32 Å². The molecule has 2 aromatic carbocycles. The zero-order valence-electron chi connectivity index (χ0n) is 18.0. The van der Waals surface area contributed by atoms with Gasteiger partial charge in [-0.2, -0.15) is 9.57 Å². The van der Waals surface area contributed by atoms with Crippen LogP contribution in [0.4, 0.5) is 5.69 Å². The molecule has 0 bridgehead atoms. The van der Waals surface area contributed by atoms with Gasteiger partial charge in [-0.05, 0) is 42.0 Å². The number of carbonyl (C=O) groups is 1. The van der Waals surface area contributed by atoms with Gasteiger partial charge in [0.05, 0.1) is 22.7 Å². The maximum Gasteiger partial charge on any atom is 0.248 e. The van der Waals surface area contributed by atoms with Crippen LogP contribution in [0.2, 0.25) is 5.02 Å². The van der Waals surface area contributed by atoms with Crippen molar-refractivity contribution < 1.29 is 22.7 Å². The van der Waals surface area contributed by atoms with Gasteiger partial charge in [0, 0.05) is 19.2 Å². The lowest BCUT2D eigenvalue weighted by Crippen LogP contribution is -2.30. The van der Waals surface area contributed by atoms with Gasteiger partial charge in [0.2, 0.25) is 15.9 Å². The Labute approximate surface area is 193 Å². The molecular weight excluding hydrogens is 454 g/mol. The Morgan fingerprint density at radius 2 is 1.91 bits per heavy atom. The first kappa shape index (κ1) is 25.2. The van der Waals surface area contributed by atoms with E-state index in [-0.39, 0.29) is 22.2 Å². The summed E-state index contributed by atoms with van der Waals surface area (Å²) in [6, 6.07) is 11.0. The number of halogens is 1. The predicted molar refractivity (Wildman–Crippen MR) is 123 cm³/mol. The lowest BCUT2D eigenvalue weighted by molar-refractivity contribution is -0.111. The van der Waals surface area contributed by atoms with Crippen LogP contribution in [0.5, 0.6) is 11.5 Å². The van der Waals surface area contributed by atoms with E-state index in [1.807, 2.05) is 6.07 Å². The summed E-state index contributed by atoms with van der Waals surface area (Å²) in [5.41, 5.74) is 0.845. The SMILES string of the molecule is CCN(CC)S(=O)(=O)c1ccc(Cl)c(NC(=O)/C=C/c2ccc(OCC#N)c(OC)c2)c1. The van der Waals surface area contributed by atoms with Crippen LogP contribution in [0.25, 0.3) is 6.08 Å². The van der Waals surface area contributed by atoms with E-state index in [0.717, 1.165) is 0 Å². The molecular formula is C22H24ClN3O5S. The van der Waals surface area contributed by atoms with Gasteiger partial charge in [0.15, 0.2) is 18.1 Å². The van der Waals surface area contributed by atoms with E-state index < -0.39 is 15.9 Å². The summed E-state index contributed by atoms with van der Waals surface area (Å²) in [5.74, 6) is 0.335. The van der Waals surface area contributed by atoms with Crippen molar-refractivity contribution >= 4 is 39.3 Å². The highest BCUT2D eigenvalue weighted by atomic mass is 35.5. The Kier molecular flexibility index (Phi) is 9.08. The number of nitriles is 1. The van der Waals surface area contributed by atoms with E-state index in [0.29, 0.717) is 30.2 Å². The van der Waals surface area contributed by atoms with Crippen molar-refractivity contribution in [3.05, 3.63) is 53.1 Å². The van der Waals surface area contributed by atoms with Gasteiger partial charge in [-0.1, -0.05) is 31.5 Å². The van der Waals surface area contributed by atoms with E-state index in [1.54, 1.807) is 38.1 Å². The number of amides is 1. The molecule has 2 aromatic rings. The number of carbonyl (C=O) groups excluding carboxylic acids is 1. The molecule has 0 heterocycles. The molecule has 0 saturated carbocycles. The normalized spacial score (nSPS) is 11.4. The average Bonchev–Trinajstić information content (AvgIpc) is 2.78. The van der Waals surface area contributed by atoms with Crippen LogP contribution in [0.1, 0.15) is 19.4 Å². The van der Waals surface area contributed by atoms with Crippen molar-refractivity contribution in [1.29, 1.82) is 5.26 Å². The molecule has 2 rings (SSSR count). The van der Waals surface area contributed by atoms with Crippen molar-refractivity contribution in [2.45, 2.75) is 18.7 Å². The molecule has 0 radical (unpaired) electrons. The van der Waals surface area contributed by atoms with Gasteiger partial charge in [-0.25, -0.2) is 8.42 Å². The third kappa shape index (κ3) is 6.23. The molecule has 170 valence electrons. The topological polar surface area (TPSA) is 109 Å². The summed E-state index contributed by atoms with van der Waals surface area (Å²) in [6.45, 7) is 4.05. The number of anilines is 1. The fraction of sp³-hybridized carbons (Fsp3) is 0.273. The van der Waals surface area contributed by atoms with Crippen LogP contribution in [0, 0.1) is 11.3 Å². The fourth-order valence-corrected chi connectivity index (χ4v) is 4.49. The third-order valence-electron chi connectivity index (χ3n) is 4.45. The molecule has 0 saturated heterocycles. The van der Waals surface area contributed by atoms with Crippen molar-refractivity contribution in [1.82, 2.24) is 4.31 Å². The molecule has 0 aromatic heterocycles. The van der Waals surface area contributed by atoms with Gasteiger partial charge in [0.1, 0.15) is 6.07 Å². The Bertz CT molecular complexity index is 1140. The molecule has 0 atom stereocenters. The van der Waals surface area contributed by atoms with Crippen LogP contribution in [0.15, 0.2) is 47.4 Å². The lowest BCUT2D eigenvalue weighted by atomic mass is 10.2. The van der Waals surface area contributed by atoms with E-state index in [4.69, 9.17) is 26.3 Å². The van der Waals surface area contributed by atoms with Gasteiger partial charge < -0.3 is 14.8 Å². The van der Waals surface area contributed by atoms with Crippen molar-refractivity contribution in [2.24, 2.45) is 0 Å². The molecule has 0 aliphatic carbocycles. The molecule has 10 heteroatoms. The molecule has 1 amide bonds. The van der Waals surface area contributed by atoms with Gasteiger partial charge >= 0.3 is 0 Å². The summed E-state index contributed by atoms with van der Waals surface area (Å²) in [4.78, 5) is 12.4. The van der Waals surface area contributed by atoms with Crippen molar-refractivity contribution in [2.75, 3.05) is 32.1 Å². The molecule has 0 aliphatic rings. The minimum absolute atomic E-state index is 0.0440. The Morgan fingerprint density at radius 3 is 2.53 bits per heavy atom. The number of methoxy groups -OCH3 is 1. The third-order valence-corrected chi connectivity index (χ3v) is 6.82. The number of nitrogens with zero attached hydrogens (tertiary/aromatic N) is 2. The van der Waals surface area contributed by atoms with Crippen LogP contribution in [-0.4, -0.2) is 45.4 Å². The van der Waals surface area contributed by atoms with Crippen molar-refractivity contribution in [3.8, 4) is 17.6 Å². The molecule has 0 aliphatic heterocycles. The van der Waals surface area contributed by atoms with Gasteiger partial charge in [0.25, 0.3) is 0 Å². The number of ether oxygens (including phenoxy) is 2. The number of sulfonamides is 1. The standard InChI is InChI=1S/C22H24ClN3O5S/c1-4-26(5-2)32(28,29)17-8-9-18(23)19(15-17)25-22(27)11-7-16-6-10-20(31-13-12-24)21(14-16)30-3/h6-11,14-15H,4-5,13H2,1-3H3,(H,25,27)/b11-7+. The summed E-state index contributed by atoms with van der Waals surface area (Å²) in [6.07, 6.45) is 2.84. The Balaban J connectivity index is 2.20. The maximum absolute atomic E-state index is 12.7. The first-order valence-corrected chi connectivity index (χ1v) is 11.5. The smallest absolute Gasteiger partial charge is 0.248 e. The number of benzene rings is 2. The van der Waals surface area contributed by atoms with Crippen molar-refractivity contribution in [3.63, 3.8) is 0 Å². The molecule has 1 N–H and O–H groups in total. The van der Waals surface area contributed by atoms with Crippen LogP contribution in [0.3, 0.4) is 0 Å². The Hall–Kier alpha value is -3.06.